The van der Waals surface area contributed by atoms with E-state index in [1.807, 2.05) is 0 Å². The normalized spacial score (nSPS) is 24.1. The molecule has 26 heavy (non-hydrogen) atoms. The number of piperidine rings is 1. The third kappa shape index (κ3) is 3.18. The van der Waals surface area contributed by atoms with E-state index in [0.717, 1.165) is 17.7 Å². The smallest absolute Gasteiger partial charge is 0.325 e. The second kappa shape index (κ2) is 7.05. The molecule has 4 amide bonds. The minimum absolute atomic E-state index is 0.216. The van der Waals surface area contributed by atoms with Crippen LogP contribution in [0.4, 0.5) is 9.18 Å². The summed E-state index contributed by atoms with van der Waals surface area (Å²) in [5, 5.41) is 2.71. The van der Waals surface area contributed by atoms with E-state index in [0.29, 0.717) is 31.0 Å². The summed E-state index contributed by atoms with van der Waals surface area (Å²) in [6.07, 6.45) is 2.18. The fourth-order valence-electron chi connectivity index (χ4n) is 3.64. The Morgan fingerprint density at radius 1 is 1.23 bits per heavy atom. The van der Waals surface area contributed by atoms with Crippen LogP contribution in [-0.2, 0) is 15.1 Å². The molecule has 0 aliphatic carbocycles. The van der Waals surface area contributed by atoms with Gasteiger partial charge in [0, 0.05) is 13.1 Å². The van der Waals surface area contributed by atoms with E-state index in [1.165, 1.54) is 24.3 Å². The number of hydrogen-bond acceptors (Lipinski definition) is 3. The SMILES string of the molecule is CC[C@@]1(c2ccc(F)cc2)NC(=O)N(CC(=O)N2CCC(C)CC2)C1=O. The molecule has 1 aromatic rings. The summed E-state index contributed by atoms with van der Waals surface area (Å²) in [4.78, 5) is 40.6. The quantitative estimate of drug-likeness (QED) is 0.836. The Morgan fingerprint density at radius 2 is 1.85 bits per heavy atom. The molecule has 2 aliphatic heterocycles. The molecule has 0 aromatic heterocycles. The van der Waals surface area contributed by atoms with Crippen molar-refractivity contribution in [3.05, 3.63) is 35.6 Å². The van der Waals surface area contributed by atoms with E-state index in [2.05, 4.69) is 12.2 Å². The number of carbonyl (C=O) groups excluding carboxylic acids is 3. The molecule has 0 unspecified atom stereocenters. The highest BCUT2D eigenvalue weighted by Crippen LogP contribution is 2.32. The first-order valence-corrected chi connectivity index (χ1v) is 9.05. The molecule has 7 heteroatoms. The number of urea groups is 1. The number of rotatable bonds is 4. The number of amides is 4. The summed E-state index contributed by atoms with van der Waals surface area (Å²) in [6, 6.07) is 4.92. The Morgan fingerprint density at radius 3 is 2.42 bits per heavy atom. The number of imide groups is 1. The maximum atomic E-state index is 13.2. The number of benzene rings is 1. The Balaban J connectivity index is 1.77. The van der Waals surface area contributed by atoms with Gasteiger partial charge in [0.25, 0.3) is 5.91 Å². The summed E-state index contributed by atoms with van der Waals surface area (Å²) in [5.74, 6) is -0.508. The minimum atomic E-state index is -1.25. The number of nitrogens with zero attached hydrogens (tertiary/aromatic N) is 2. The van der Waals surface area contributed by atoms with Gasteiger partial charge in [-0.25, -0.2) is 9.18 Å². The highest BCUT2D eigenvalue weighted by atomic mass is 19.1. The predicted molar refractivity (Wildman–Crippen MR) is 93.6 cm³/mol. The largest absolute Gasteiger partial charge is 0.341 e. The van der Waals surface area contributed by atoms with Crippen LogP contribution in [0.2, 0.25) is 0 Å². The molecule has 0 radical (unpaired) electrons. The summed E-state index contributed by atoms with van der Waals surface area (Å²) in [7, 11) is 0. The van der Waals surface area contributed by atoms with Crippen LogP contribution in [0.15, 0.2) is 24.3 Å². The van der Waals surface area contributed by atoms with Crippen molar-refractivity contribution in [2.24, 2.45) is 5.92 Å². The molecule has 1 aromatic carbocycles. The van der Waals surface area contributed by atoms with Gasteiger partial charge in [-0.15, -0.1) is 0 Å². The number of nitrogens with one attached hydrogen (secondary N) is 1. The van der Waals surface area contributed by atoms with Crippen molar-refractivity contribution >= 4 is 17.8 Å². The van der Waals surface area contributed by atoms with E-state index >= 15 is 0 Å². The zero-order valence-electron chi connectivity index (χ0n) is 15.1. The van der Waals surface area contributed by atoms with Gasteiger partial charge in [0.1, 0.15) is 17.9 Å². The zero-order chi connectivity index (χ0) is 18.9. The van der Waals surface area contributed by atoms with Crippen LogP contribution in [0.1, 0.15) is 38.7 Å². The van der Waals surface area contributed by atoms with Crippen LogP contribution in [0, 0.1) is 11.7 Å². The Kier molecular flexibility index (Phi) is 4.98. The monoisotopic (exact) mass is 361 g/mol. The maximum absolute atomic E-state index is 13.2. The van der Waals surface area contributed by atoms with E-state index in [4.69, 9.17) is 0 Å². The number of halogens is 1. The Bertz CT molecular complexity index is 713. The highest BCUT2D eigenvalue weighted by molar-refractivity contribution is 6.09. The summed E-state index contributed by atoms with van der Waals surface area (Å²) in [6.45, 7) is 4.97. The fraction of sp³-hybridized carbons (Fsp3) is 0.526. The predicted octanol–water partition coefficient (Wildman–Crippen LogP) is 2.24. The van der Waals surface area contributed by atoms with Gasteiger partial charge in [-0.05, 0) is 42.9 Å². The lowest BCUT2D eigenvalue weighted by atomic mass is 9.87. The minimum Gasteiger partial charge on any atom is -0.341 e. The molecule has 2 saturated heterocycles. The number of carbonyl (C=O) groups is 3. The Labute approximate surface area is 152 Å². The molecular weight excluding hydrogens is 337 g/mol. The van der Waals surface area contributed by atoms with Crippen molar-refractivity contribution in [3.63, 3.8) is 0 Å². The van der Waals surface area contributed by atoms with Gasteiger partial charge in [-0.3, -0.25) is 14.5 Å². The second-order valence-corrected chi connectivity index (χ2v) is 7.15. The van der Waals surface area contributed by atoms with Gasteiger partial charge in [0.05, 0.1) is 0 Å². The maximum Gasteiger partial charge on any atom is 0.325 e. The van der Waals surface area contributed by atoms with Gasteiger partial charge < -0.3 is 10.2 Å². The molecule has 2 aliphatic rings. The molecule has 0 bridgehead atoms. The first-order valence-electron chi connectivity index (χ1n) is 9.05. The van der Waals surface area contributed by atoms with E-state index < -0.39 is 23.3 Å². The van der Waals surface area contributed by atoms with E-state index in [1.54, 1.807) is 11.8 Å². The molecule has 1 N–H and O–H groups in total. The van der Waals surface area contributed by atoms with Gasteiger partial charge in [0.2, 0.25) is 5.91 Å². The van der Waals surface area contributed by atoms with Crippen LogP contribution in [0.5, 0.6) is 0 Å². The van der Waals surface area contributed by atoms with Crippen LogP contribution < -0.4 is 5.32 Å². The second-order valence-electron chi connectivity index (χ2n) is 7.15. The van der Waals surface area contributed by atoms with Gasteiger partial charge in [-0.2, -0.15) is 0 Å². The van der Waals surface area contributed by atoms with Crippen molar-refractivity contribution in [2.75, 3.05) is 19.6 Å². The fourth-order valence-corrected chi connectivity index (χ4v) is 3.64. The molecule has 140 valence electrons. The lowest BCUT2D eigenvalue weighted by Crippen LogP contribution is -2.47. The van der Waals surface area contributed by atoms with Crippen LogP contribution >= 0.6 is 0 Å². The van der Waals surface area contributed by atoms with E-state index in [9.17, 15) is 18.8 Å². The molecular formula is C19H24FN3O3. The molecule has 6 nitrogen and oxygen atoms in total. The van der Waals surface area contributed by atoms with Crippen molar-refractivity contribution < 1.29 is 18.8 Å². The van der Waals surface area contributed by atoms with Crippen molar-refractivity contribution in [1.82, 2.24) is 15.1 Å². The molecule has 0 spiro atoms. The van der Waals surface area contributed by atoms with Crippen molar-refractivity contribution in [1.29, 1.82) is 0 Å². The average molecular weight is 361 g/mol. The van der Waals surface area contributed by atoms with Crippen molar-refractivity contribution in [2.45, 2.75) is 38.6 Å². The van der Waals surface area contributed by atoms with Gasteiger partial charge >= 0.3 is 6.03 Å². The third-order valence-electron chi connectivity index (χ3n) is 5.47. The van der Waals surface area contributed by atoms with Gasteiger partial charge in [0.15, 0.2) is 0 Å². The molecule has 2 fully saturated rings. The standard InChI is InChI=1S/C19H24FN3O3/c1-3-19(14-4-6-15(20)7-5-14)17(25)23(18(26)21-19)12-16(24)22-10-8-13(2)9-11-22/h4-7,13H,3,8-12H2,1-2H3,(H,21,26)/t19-/m0/s1. The zero-order valence-corrected chi connectivity index (χ0v) is 15.1. The molecule has 3 rings (SSSR count). The summed E-state index contributed by atoms with van der Waals surface area (Å²) >= 11 is 0. The van der Waals surface area contributed by atoms with Crippen LogP contribution in [0.3, 0.4) is 0 Å². The average Bonchev–Trinajstić information content (AvgIpc) is 2.88. The first-order chi connectivity index (χ1) is 12.4. The number of likely N-dealkylation sites (tertiary alicyclic amines) is 1. The van der Waals surface area contributed by atoms with Crippen LogP contribution in [-0.4, -0.2) is 47.3 Å². The third-order valence-corrected chi connectivity index (χ3v) is 5.47. The lowest BCUT2D eigenvalue weighted by Gasteiger charge is -2.31. The van der Waals surface area contributed by atoms with Crippen molar-refractivity contribution in [3.8, 4) is 0 Å². The molecule has 2 heterocycles. The van der Waals surface area contributed by atoms with Crippen LogP contribution in [0.25, 0.3) is 0 Å². The Hall–Kier alpha value is -2.44. The highest BCUT2D eigenvalue weighted by Gasteiger charge is 2.51. The summed E-state index contributed by atoms with van der Waals surface area (Å²) in [5.41, 5.74) is -0.733. The van der Waals surface area contributed by atoms with E-state index in [-0.39, 0.29) is 12.5 Å². The topological polar surface area (TPSA) is 69.7 Å². The number of hydrogen-bond donors (Lipinski definition) is 1. The lowest BCUT2D eigenvalue weighted by molar-refractivity contribution is -0.140. The summed E-state index contributed by atoms with van der Waals surface area (Å²) < 4.78 is 13.2. The first kappa shape index (κ1) is 18.4. The molecule has 0 saturated carbocycles. The molecule has 1 atom stereocenters. The van der Waals surface area contributed by atoms with Gasteiger partial charge in [-0.1, -0.05) is 26.0 Å².